The highest BCUT2D eigenvalue weighted by Gasteiger charge is 2.44. The number of carbonyl (C=O) groups excluding carboxylic acids is 1. The molecule has 1 fully saturated rings. The number of unbranched alkanes of at least 4 members (excludes halogenated alkanes) is 13. The van der Waals surface area contributed by atoms with Crippen molar-refractivity contribution in [1.82, 2.24) is 5.32 Å². The molecule has 278 valence electrons. The average Bonchev–Trinajstić information content (AvgIpc) is 3.08. The quantitative estimate of drug-likeness (QED) is 0.0397. The molecular formula is C39H69NO8. The van der Waals surface area contributed by atoms with E-state index in [1.807, 2.05) is 6.08 Å². The minimum Gasteiger partial charge on any atom is -0.394 e. The van der Waals surface area contributed by atoms with Crippen LogP contribution in [0.3, 0.4) is 0 Å². The van der Waals surface area contributed by atoms with Gasteiger partial charge in [0.15, 0.2) is 6.29 Å². The molecule has 0 aliphatic carbocycles. The number of aliphatic hydroxyl groups is 5. The zero-order chi connectivity index (χ0) is 35.2. The van der Waals surface area contributed by atoms with Crippen LogP contribution in [0.25, 0.3) is 0 Å². The molecule has 0 bridgehead atoms. The molecule has 1 heterocycles. The molecule has 1 saturated heterocycles. The summed E-state index contributed by atoms with van der Waals surface area (Å²) in [5, 5.41) is 53.6. The van der Waals surface area contributed by atoms with Crippen molar-refractivity contribution in [1.29, 1.82) is 0 Å². The molecule has 0 aromatic rings. The Hall–Kier alpha value is -1.85. The van der Waals surface area contributed by atoms with Gasteiger partial charge in [-0.05, 0) is 57.8 Å². The van der Waals surface area contributed by atoms with Crippen LogP contribution in [0.2, 0.25) is 0 Å². The molecule has 1 amide bonds. The lowest BCUT2D eigenvalue weighted by atomic mass is 9.99. The molecule has 0 spiro atoms. The highest BCUT2D eigenvalue weighted by atomic mass is 16.7. The number of aliphatic hydroxyl groups excluding tert-OH is 5. The standard InChI is InChI=1S/C39H69NO8/c1-3-5-7-9-11-12-13-14-15-16-17-18-19-20-21-23-25-27-29-35(43)40-32(33(42)28-26-24-22-10-8-6-4-2)31-47-39-38(46)37(45)36(44)34(30-41)48-39/h8,10,12-13,15-16,26,28,32-34,36-39,41-42,44-46H,3-7,9,11,14,17-25,27,29-31H2,1-2H3,(H,40,43)/b10-8+,13-12-,16-15-,28-26+. The third kappa shape index (κ3) is 21.3. The molecule has 0 radical (unpaired) electrons. The lowest BCUT2D eigenvalue weighted by Crippen LogP contribution is -2.60. The summed E-state index contributed by atoms with van der Waals surface area (Å²) in [6.07, 6.45) is 28.9. The molecule has 0 aromatic heterocycles. The molecule has 1 aliphatic rings. The molecule has 6 N–H and O–H groups in total. The molecule has 1 rings (SSSR count). The van der Waals surface area contributed by atoms with Crippen LogP contribution in [-0.4, -0.2) is 87.5 Å². The normalized spacial score (nSPS) is 23.2. The zero-order valence-electron chi connectivity index (χ0n) is 30.0. The number of rotatable bonds is 29. The number of hydrogen-bond acceptors (Lipinski definition) is 8. The van der Waals surface area contributed by atoms with E-state index in [1.54, 1.807) is 6.08 Å². The predicted octanol–water partition coefficient (Wildman–Crippen LogP) is 6.33. The van der Waals surface area contributed by atoms with Crippen LogP contribution in [0.4, 0.5) is 0 Å². The molecule has 0 aromatic carbocycles. The molecular weight excluding hydrogens is 610 g/mol. The number of nitrogens with one attached hydrogen (secondary N) is 1. The summed E-state index contributed by atoms with van der Waals surface area (Å²) in [6.45, 7) is 3.59. The fraction of sp³-hybridized carbons (Fsp3) is 0.769. The maximum absolute atomic E-state index is 12.8. The number of amides is 1. The van der Waals surface area contributed by atoms with Crippen molar-refractivity contribution in [3.63, 3.8) is 0 Å². The molecule has 7 atom stereocenters. The van der Waals surface area contributed by atoms with Crippen molar-refractivity contribution in [2.24, 2.45) is 0 Å². The van der Waals surface area contributed by atoms with E-state index in [-0.39, 0.29) is 12.5 Å². The third-order valence-electron chi connectivity index (χ3n) is 8.61. The van der Waals surface area contributed by atoms with Gasteiger partial charge < -0.3 is 40.3 Å². The summed E-state index contributed by atoms with van der Waals surface area (Å²) in [4.78, 5) is 12.8. The Morgan fingerprint density at radius 1 is 0.708 bits per heavy atom. The van der Waals surface area contributed by atoms with Crippen LogP contribution in [0.15, 0.2) is 48.6 Å². The summed E-state index contributed by atoms with van der Waals surface area (Å²) in [5.74, 6) is -0.203. The van der Waals surface area contributed by atoms with Gasteiger partial charge in [-0.25, -0.2) is 0 Å². The largest absolute Gasteiger partial charge is 0.394 e. The van der Waals surface area contributed by atoms with Gasteiger partial charge in [0.05, 0.1) is 25.4 Å². The van der Waals surface area contributed by atoms with Crippen LogP contribution >= 0.6 is 0 Å². The van der Waals surface area contributed by atoms with E-state index in [0.717, 1.165) is 64.2 Å². The fourth-order valence-corrected chi connectivity index (χ4v) is 5.50. The van der Waals surface area contributed by atoms with E-state index in [9.17, 15) is 30.3 Å². The van der Waals surface area contributed by atoms with Gasteiger partial charge >= 0.3 is 0 Å². The molecule has 9 nitrogen and oxygen atoms in total. The minimum atomic E-state index is -1.57. The van der Waals surface area contributed by atoms with Crippen molar-refractivity contribution in [2.75, 3.05) is 13.2 Å². The summed E-state index contributed by atoms with van der Waals surface area (Å²) in [7, 11) is 0. The number of carbonyl (C=O) groups is 1. The second-order valence-corrected chi connectivity index (χ2v) is 13.0. The van der Waals surface area contributed by atoms with Crippen LogP contribution in [-0.2, 0) is 14.3 Å². The maximum atomic E-state index is 12.8. The maximum Gasteiger partial charge on any atom is 0.220 e. The Labute approximate surface area is 291 Å². The number of ether oxygens (including phenoxy) is 2. The van der Waals surface area contributed by atoms with Crippen LogP contribution in [0, 0.1) is 0 Å². The van der Waals surface area contributed by atoms with Crippen LogP contribution in [0.1, 0.15) is 136 Å². The Morgan fingerprint density at radius 3 is 1.94 bits per heavy atom. The smallest absolute Gasteiger partial charge is 0.220 e. The first-order valence-electron chi connectivity index (χ1n) is 18.9. The monoisotopic (exact) mass is 680 g/mol. The SMILES string of the molecule is CCC/C=C/CC/C=C/C(O)C(COC1OC(CO)C(O)C(O)C1O)NC(=O)CCCCCCCCC/C=C\C/C=C\CCCCCC. The van der Waals surface area contributed by atoms with Gasteiger partial charge in [-0.3, -0.25) is 4.79 Å². The first-order chi connectivity index (χ1) is 23.3. The second kappa shape index (κ2) is 30.0. The summed E-state index contributed by atoms with van der Waals surface area (Å²) < 4.78 is 11.1. The van der Waals surface area contributed by atoms with E-state index in [1.165, 1.54) is 51.4 Å². The molecule has 48 heavy (non-hydrogen) atoms. The highest BCUT2D eigenvalue weighted by molar-refractivity contribution is 5.76. The molecule has 0 saturated carbocycles. The predicted molar refractivity (Wildman–Crippen MR) is 193 cm³/mol. The second-order valence-electron chi connectivity index (χ2n) is 13.0. The minimum absolute atomic E-state index is 0.203. The molecule has 9 heteroatoms. The Kier molecular flexibility index (Phi) is 27.6. The molecule has 7 unspecified atom stereocenters. The third-order valence-corrected chi connectivity index (χ3v) is 8.61. The van der Waals surface area contributed by atoms with Gasteiger partial charge in [0.2, 0.25) is 5.91 Å². The van der Waals surface area contributed by atoms with Gasteiger partial charge in [0.25, 0.3) is 0 Å². The van der Waals surface area contributed by atoms with E-state index in [4.69, 9.17) is 9.47 Å². The summed E-state index contributed by atoms with van der Waals surface area (Å²) >= 11 is 0. The van der Waals surface area contributed by atoms with Crippen molar-refractivity contribution < 1.29 is 39.8 Å². The number of hydrogen-bond donors (Lipinski definition) is 6. The zero-order valence-corrected chi connectivity index (χ0v) is 30.0. The van der Waals surface area contributed by atoms with Crippen LogP contribution < -0.4 is 5.32 Å². The Bertz CT molecular complexity index is 889. The van der Waals surface area contributed by atoms with E-state index >= 15 is 0 Å². The van der Waals surface area contributed by atoms with E-state index in [2.05, 4.69) is 55.6 Å². The summed E-state index contributed by atoms with van der Waals surface area (Å²) in [5.41, 5.74) is 0. The van der Waals surface area contributed by atoms with Gasteiger partial charge in [-0.15, -0.1) is 0 Å². The Balaban J connectivity index is 2.38. The van der Waals surface area contributed by atoms with Gasteiger partial charge in [0.1, 0.15) is 24.4 Å². The Morgan fingerprint density at radius 2 is 1.29 bits per heavy atom. The van der Waals surface area contributed by atoms with Crippen molar-refractivity contribution in [2.45, 2.75) is 179 Å². The van der Waals surface area contributed by atoms with E-state index in [0.29, 0.717) is 6.42 Å². The molecule has 1 aliphatic heterocycles. The van der Waals surface area contributed by atoms with Gasteiger partial charge in [0, 0.05) is 6.42 Å². The van der Waals surface area contributed by atoms with Gasteiger partial charge in [-0.2, -0.15) is 0 Å². The first-order valence-corrected chi connectivity index (χ1v) is 18.9. The first kappa shape index (κ1) is 44.2. The van der Waals surface area contributed by atoms with Crippen molar-refractivity contribution in [3.8, 4) is 0 Å². The summed E-state index contributed by atoms with van der Waals surface area (Å²) in [6, 6.07) is -0.822. The lowest BCUT2D eigenvalue weighted by molar-refractivity contribution is -0.302. The van der Waals surface area contributed by atoms with E-state index < -0.39 is 49.5 Å². The van der Waals surface area contributed by atoms with Gasteiger partial charge in [-0.1, -0.05) is 120 Å². The van der Waals surface area contributed by atoms with Crippen LogP contribution in [0.5, 0.6) is 0 Å². The lowest BCUT2D eigenvalue weighted by Gasteiger charge is -2.40. The van der Waals surface area contributed by atoms with Crippen molar-refractivity contribution >= 4 is 5.91 Å². The topological polar surface area (TPSA) is 149 Å². The average molecular weight is 680 g/mol. The highest BCUT2D eigenvalue weighted by Crippen LogP contribution is 2.22. The fourth-order valence-electron chi connectivity index (χ4n) is 5.50. The number of allylic oxidation sites excluding steroid dienone is 7. The van der Waals surface area contributed by atoms with Crippen molar-refractivity contribution in [3.05, 3.63) is 48.6 Å².